The van der Waals surface area contributed by atoms with Crippen molar-refractivity contribution >= 4 is 5.91 Å². The van der Waals surface area contributed by atoms with E-state index in [4.69, 9.17) is 0 Å². The molecular weight excluding hydrogens is 178 g/mol. The van der Waals surface area contributed by atoms with Gasteiger partial charge in [-0.2, -0.15) is 0 Å². The van der Waals surface area contributed by atoms with E-state index in [0.717, 1.165) is 5.69 Å². The second-order valence-electron chi connectivity index (χ2n) is 3.02. The van der Waals surface area contributed by atoms with Gasteiger partial charge in [0.1, 0.15) is 12.0 Å². The van der Waals surface area contributed by atoms with Crippen molar-refractivity contribution in [3.05, 3.63) is 23.8 Å². The van der Waals surface area contributed by atoms with Crippen LogP contribution in [0.4, 0.5) is 0 Å². The van der Waals surface area contributed by atoms with Gasteiger partial charge < -0.3 is 4.90 Å². The highest BCUT2D eigenvalue weighted by Crippen LogP contribution is 2.02. The summed E-state index contributed by atoms with van der Waals surface area (Å²) in [6.07, 6.45) is 1.42. The summed E-state index contributed by atoms with van der Waals surface area (Å²) in [6.45, 7) is 7.17. The summed E-state index contributed by atoms with van der Waals surface area (Å²) >= 11 is 0. The topological polar surface area (TPSA) is 46.1 Å². The number of hydrogen-bond donors (Lipinski definition) is 0. The minimum Gasteiger partial charge on any atom is -0.338 e. The molecule has 0 atom stereocenters. The number of aromatic nitrogens is 2. The van der Waals surface area contributed by atoms with Crippen LogP contribution in [0.2, 0.25) is 0 Å². The number of carbonyl (C=O) groups excluding carboxylic acids is 1. The molecule has 0 N–H and O–H groups in total. The molecule has 1 amide bonds. The molecule has 0 spiro atoms. The van der Waals surface area contributed by atoms with Gasteiger partial charge >= 0.3 is 0 Å². The lowest BCUT2D eigenvalue weighted by atomic mass is 10.3. The zero-order chi connectivity index (χ0) is 10.6. The van der Waals surface area contributed by atoms with Crippen LogP contribution in [0.3, 0.4) is 0 Å². The molecule has 1 heterocycles. The molecule has 0 saturated carbocycles. The number of rotatable bonds is 3. The summed E-state index contributed by atoms with van der Waals surface area (Å²) in [5.74, 6) is -0.0273. The van der Waals surface area contributed by atoms with Crippen LogP contribution in [0, 0.1) is 6.92 Å². The average Bonchev–Trinajstić information content (AvgIpc) is 2.19. The number of amides is 1. The first-order valence-corrected chi connectivity index (χ1v) is 4.77. The van der Waals surface area contributed by atoms with E-state index in [2.05, 4.69) is 9.97 Å². The zero-order valence-corrected chi connectivity index (χ0v) is 8.82. The molecule has 0 aromatic carbocycles. The van der Waals surface area contributed by atoms with Gasteiger partial charge in [-0.3, -0.25) is 4.79 Å². The molecule has 0 aliphatic rings. The van der Waals surface area contributed by atoms with E-state index in [9.17, 15) is 4.79 Å². The molecule has 0 unspecified atom stereocenters. The number of hydrogen-bond acceptors (Lipinski definition) is 3. The van der Waals surface area contributed by atoms with E-state index >= 15 is 0 Å². The number of nitrogens with zero attached hydrogens (tertiary/aromatic N) is 3. The van der Waals surface area contributed by atoms with Crippen molar-refractivity contribution in [3.8, 4) is 0 Å². The second-order valence-corrected chi connectivity index (χ2v) is 3.02. The van der Waals surface area contributed by atoms with Crippen molar-refractivity contribution in [2.75, 3.05) is 13.1 Å². The highest BCUT2D eigenvalue weighted by molar-refractivity contribution is 5.92. The predicted octanol–water partition coefficient (Wildman–Crippen LogP) is 1.27. The lowest BCUT2D eigenvalue weighted by Gasteiger charge is -2.17. The maximum absolute atomic E-state index is 11.8. The van der Waals surface area contributed by atoms with Gasteiger partial charge in [-0.1, -0.05) is 0 Å². The van der Waals surface area contributed by atoms with E-state index in [-0.39, 0.29) is 5.91 Å². The molecule has 0 saturated heterocycles. The summed E-state index contributed by atoms with van der Waals surface area (Å²) in [5.41, 5.74) is 1.29. The normalized spacial score (nSPS) is 9.93. The third-order valence-electron chi connectivity index (χ3n) is 2.07. The first-order valence-electron chi connectivity index (χ1n) is 4.77. The largest absolute Gasteiger partial charge is 0.338 e. The van der Waals surface area contributed by atoms with Crippen molar-refractivity contribution in [2.45, 2.75) is 20.8 Å². The monoisotopic (exact) mass is 193 g/mol. The fourth-order valence-corrected chi connectivity index (χ4v) is 1.24. The summed E-state index contributed by atoms with van der Waals surface area (Å²) in [4.78, 5) is 21.4. The summed E-state index contributed by atoms with van der Waals surface area (Å²) in [7, 11) is 0. The Bertz CT molecular complexity index is 321. The highest BCUT2D eigenvalue weighted by Gasteiger charge is 2.13. The third kappa shape index (κ3) is 2.28. The molecule has 4 nitrogen and oxygen atoms in total. The molecule has 0 aliphatic heterocycles. The summed E-state index contributed by atoms with van der Waals surface area (Å²) in [6, 6.07) is 1.71. The summed E-state index contributed by atoms with van der Waals surface area (Å²) < 4.78 is 0. The standard InChI is InChI=1S/C10H15N3O/c1-4-13(5-2)10(14)9-6-8(3)11-7-12-9/h6-7H,4-5H2,1-3H3. The fraction of sp³-hybridized carbons (Fsp3) is 0.500. The van der Waals surface area contributed by atoms with Gasteiger partial charge in [0, 0.05) is 18.8 Å². The Kier molecular flexibility index (Phi) is 3.56. The molecule has 4 heteroatoms. The molecule has 1 aromatic heterocycles. The van der Waals surface area contributed by atoms with Crippen LogP contribution in [0.1, 0.15) is 30.0 Å². The Morgan fingerprint density at radius 3 is 2.50 bits per heavy atom. The van der Waals surface area contributed by atoms with Gasteiger partial charge in [-0.05, 0) is 26.8 Å². The lowest BCUT2D eigenvalue weighted by molar-refractivity contribution is 0.0767. The van der Waals surface area contributed by atoms with Gasteiger partial charge in [-0.15, -0.1) is 0 Å². The van der Waals surface area contributed by atoms with E-state index in [0.29, 0.717) is 18.8 Å². The molecule has 0 bridgehead atoms. The molecule has 1 rings (SSSR count). The minimum absolute atomic E-state index is 0.0273. The van der Waals surface area contributed by atoms with E-state index in [1.54, 1.807) is 11.0 Å². The predicted molar refractivity (Wildman–Crippen MR) is 54.0 cm³/mol. The first kappa shape index (κ1) is 10.6. The van der Waals surface area contributed by atoms with Crippen LogP contribution in [-0.4, -0.2) is 33.9 Å². The maximum Gasteiger partial charge on any atom is 0.272 e. The Labute approximate surface area is 84.0 Å². The van der Waals surface area contributed by atoms with Gasteiger partial charge in [0.25, 0.3) is 5.91 Å². The van der Waals surface area contributed by atoms with E-state index in [1.165, 1.54) is 6.33 Å². The van der Waals surface area contributed by atoms with Crippen LogP contribution in [0.15, 0.2) is 12.4 Å². The molecule has 1 aromatic rings. The van der Waals surface area contributed by atoms with Gasteiger partial charge in [0.2, 0.25) is 0 Å². The summed E-state index contributed by atoms with van der Waals surface area (Å²) in [5, 5.41) is 0. The lowest BCUT2D eigenvalue weighted by Crippen LogP contribution is -2.31. The van der Waals surface area contributed by atoms with Crippen LogP contribution >= 0.6 is 0 Å². The maximum atomic E-state index is 11.8. The van der Waals surface area contributed by atoms with Gasteiger partial charge in [0.15, 0.2) is 0 Å². The number of aryl methyl sites for hydroxylation is 1. The molecule has 0 radical (unpaired) electrons. The van der Waals surface area contributed by atoms with Crippen LogP contribution in [-0.2, 0) is 0 Å². The van der Waals surface area contributed by atoms with Crippen LogP contribution < -0.4 is 0 Å². The Morgan fingerprint density at radius 1 is 1.36 bits per heavy atom. The van der Waals surface area contributed by atoms with Crippen molar-refractivity contribution in [3.63, 3.8) is 0 Å². The van der Waals surface area contributed by atoms with E-state index in [1.807, 2.05) is 20.8 Å². The van der Waals surface area contributed by atoms with Crippen molar-refractivity contribution in [1.29, 1.82) is 0 Å². The molecule has 76 valence electrons. The number of carbonyl (C=O) groups is 1. The van der Waals surface area contributed by atoms with Crippen molar-refractivity contribution < 1.29 is 4.79 Å². The van der Waals surface area contributed by atoms with Crippen molar-refractivity contribution in [1.82, 2.24) is 14.9 Å². The Hall–Kier alpha value is -1.45. The zero-order valence-electron chi connectivity index (χ0n) is 8.82. The molecule has 14 heavy (non-hydrogen) atoms. The van der Waals surface area contributed by atoms with Crippen molar-refractivity contribution in [2.24, 2.45) is 0 Å². The van der Waals surface area contributed by atoms with E-state index < -0.39 is 0 Å². The van der Waals surface area contributed by atoms with Gasteiger partial charge in [0.05, 0.1) is 0 Å². The second kappa shape index (κ2) is 4.69. The molecular formula is C10H15N3O. The van der Waals surface area contributed by atoms with Crippen LogP contribution in [0.5, 0.6) is 0 Å². The molecule has 0 aliphatic carbocycles. The SMILES string of the molecule is CCN(CC)C(=O)c1cc(C)ncn1. The third-order valence-corrected chi connectivity index (χ3v) is 2.07. The Balaban J connectivity index is 2.88. The highest BCUT2D eigenvalue weighted by atomic mass is 16.2. The minimum atomic E-state index is -0.0273. The fourth-order valence-electron chi connectivity index (χ4n) is 1.24. The first-order chi connectivity index (χ1) is 6.69. The van der Waals surface area contributed by atoms with Crippen LogP contribution in [0.25, 0.3) is 0 Å². The smallest absolute Gasteiger partial charge is 0.272 e. The Morgan fingerprint density at radius 2 is 2.00 bits per heavy atom. The average molecular weight is 193 g/mol. The van der Waals surface area contributed by atoms with Gasteiger partial charge in [-0.25, -0.2) is 9.97 Å². The molecule has 0 fully saturated rings. The quantitative estimate of drug-likeness (QED) is 0.726.